The lowest BCUT2D eigenvalue weighted by Gasteiger charge is -2.12. The van der Waals surface area contributed by atoms with Crippen LogP contribution in [0, 0.1) is 19.8 Å². The molecule has 1 heterocycles. The van der Waals surface area contributed by atoms with Gasteiger partial charge < -0.3 is 10.6 Å². The van der Waals surface area contributed by atoms with Crippen molar-refractivity contribution in [2.75, 3.05) is 11.9 Å². The van der Waals surface area contributed by atoms with Crippen molar-refractivity contribution < 1.29 is 9.59 Å². The molecule has 25 heavy (non-hydrogen) atoms. The van der Waals surface area contributed by atoms with Crippen LogP contribution >= 0.6 is 11.6 Å². The number of benzene rings is 1. The third-order valence-corrected chi connectivity index (χ3v) is 3.90. The number of nitrogens with zero attached hydrogens (tertiary/aromatic N) is 1. The van der Waals surface area contributed by atoms with Crippen LogP contribution < -0.4 is 10.6 Å². The molecule has 1 aromatic heterocycles. The maximum absolute atomic E-state index is 12.5. The van der Waals surface area contributed by atoms with Crippen LogP contribution in [0.2, 0.25) is 5.02 Å². The van der Waals surface area contributed by atoms with E-state index in [4.69, 9.17) is 11.6 Å². The minimum absolute atomic E-state index is 0.250. The minimum atomic E-state index is -0.361. The Morgan fingerprint density at radius 1 is 1.08 bits per heavy atom. The zero-order valence-electron chi connectivity index (χ0n) is 14.8. The van der Waals surface area contributed by atoms with Gasteiger partial charge in [0.15, 0.2) is 0 Å². The lowest BCUT2D eigenvalue weighted by Crippen LogP contribution is -2.27. The first-order chi connectivity index (χ1) is 11.8. The van der Waals surface area contributed by atoms with Gasteiger partial charge >= 0.3 is 0 Å². The third kappa shape index (κ3) is 5.03. The van der Waals surface area contributed by atoms with E-state index in [0.29, 0.717) is 34.3 Å². The summed E-state index contributed by atoms with van der Waals surface area (Å²) in [6, 6.07) is 5.25. The molecule has 0 unspecified atom stereocenters. The number of hydrogen-bond acceptors (Lipinski definition) is 3. The Morgan fingerprint density at radius 3 is 2.32 bits per heavy atom. The van der Waals surface area contributed by atoms with Crippen LogP contribution in [0.3, 0.4) is 0 Å². The molecule has 1 aromatic carbocycles. The number of amides is 2. The van der Waals surface area contributed by atoms with Gasteiger partial charge in [0, 0.05) is 18.9 Å². The number of hydrogen-bond donors (Lipinski definition) is 2. The highest BCUT2D eigenvalue weighted by Gasteiger charge is 2.14. The molecule has 0 aliphatic carbocycles. The van der Waals surface area contributed by atoms with Crippen LogP contribution in [0.25, 0.3) is 0 Å². The first-order valence-electron chi connectivity index (χ1n) is 8.09. The fraction of sp³-hybridized carbons (Fsp3) is 0.316. The molecule has 0 bridgehead atoms. The molecule has 2 N–H and O–H groups in total. The molecule has 5 nitrogen and oxygen atoms in total. The highest BCUT2D eigenvalue weighted by molar-refractivity contribution is 6.34. The molecule has 0 atom stereocenters. The predicted molar refractivity (Wildman–Crippen MR) is 100 cm³/mol. The van der Waals surface area contributed by atoms with Gasteiger partial charge in [0.2, 0.25) is 0 Å². The molecule has 0 saturated heterocycles. The van der Waals surface area contributed by atoms with Crippen molar-refractivity contribution in [1.29, 1.82) is 0 Å². The molecule has 2 rings (SSSR count). The summed E-state index contributed by atoms with van der Waals surface area (Å²) < 4.78 is 0. The number of anilines is 1. The van der Waals surface area contributed by atoms with E-state index in [-0.39, 0.29) is 11.8 Å². The number of aromatic nitrogens is 1. The number of nitrogens with one attached hydrogen (secondary N) is 2. The van der Waals surface area contributed by atoms with Crippen molar-refractivity contribution in [2.24, 2.45) is 5.92 Å². The lowest BCUT2D eigenvalue weighted by molar-refractivity contribution is 0.0948. The van der Waals surface area contributed by atoms with Crippen molar-refractivity contribution in [3.63, 3.8) is 0 Å². The van der Waals surface area contributed by atoms with Crippen LogP contribution in [0.1, 0.15) is 45.7 Å². The second-order valence-corrected chi connectivity index (χ2v) is 6.87. The third-order valence-electron chi connectivity index (χ3n) is 3.60. The molecule has 0 aliphatic rings. The largest absolute Gasteiger partial charge is 0.352 e. The summed E-state index contributed by atoms with van der Waals surface area (Å²) in [5.74, 6) is -0.268. The quantitative estimate of drug-likeness (QED) is 0.847. The monoisotopic (exact) mass is 359 g/mol. The van der Waals surface area contributed by atoms with Gasteiger partial charge in [-0.25, -0.2) is 0 Å². The molecule has 0 spiro atoms. The molecule has 132 valence electrons. The molecule has 0 radical (unpaired) electrons. The summed E-state index contributed by atoms with van der Waals surface area (Å²) in [6.07, 6.45) is 2.86. The molecule has 6 heteroatoms. The summed E-state index contributed by atoms with van der Waals surface area (Å²) in [7, 11) is 0. The van der Waals surface area contributed by atoms with E-state index in [0.717, 1.165) is 11.1 Å². The zero-order valence-corrected chi connectivity index (χ0v) is 15.6. The highest BCUT2D eigenvalue weighted by Crippen LogP contribution is 2.27. The molecular weight excluding hydrogens is 338 g/mol. The summed E-state index contributed by atoms with van der Waals surface area (Å²) in [5, 5.41) is 6.08. The van der Waals surface area contributed by atoms with Gasteiger partial charge in [-0.2, -0.15) is 0 Å². The van der Waals surface area contributed by atoms with E-state index in [9.17, 15) is 9.59 Å². The van der Waals surface area contributed by atoms with Crippen molar-refractivity contribution in [1.82, 2.24) is 10.3 Å². The number of halogens is 1. The van der Waals surface area contributed by atoms with Crippen molar-refractivity contribution >= 4 is 29.1 Å². The van der Waals surface area contributed by atoms with Gasteiger partial charge in [-0.3, -0.25) is 14.6 Å². The first kappa shape index (κ1) is 18.9. The standard InChI is InChI=1S/C19H22ClN3O2/c1-11(2)8-22-18(24)14-7-15(10-21-9-14)19(25)23-17-13(4)5-12(3)6-16(17)20/h5-7,9-11H,8H2,1-4H3,(H,22,24)(H,23,25). The maximum Gasteiger partial charge on any atom is 0.257 e. The van der Waals surface area contributed by atoms with E-state index < -0.39 is 0 Å². The molecular formula is C19H22ClN3O2. The molecule has 0 aliphatic heterocycles. The van der Waals surface area contributed by atoms with Crippen LogP contribution in [0.4, 0.5) is 5.69 Å². The van der Waals surface area contributed by atoms with E-state index >= 15 is 0 Å². The molecule has 0 saturated carbocycles. The van der Waals surface area contributed by atoms with E-state index in [2.05, 4.69) is 15.6 Å². The van der Waals surface area contributed by atoms with Crippen LogP contribution in [0.15, 0.2) is 30.6 Å². The van der Waals surface area contributed by atoms with Crippen molar-refractivity contribution in [2.45, 2.75) is 27.7 Å². The fourth-order valence-corrected chi connectivity index (χ4v) is 2.72. The van der Waals surface area contributed by atoms with Gasteiger partial charge in [-0.15, -0.1) is 0 Å². The Morgan fingerprint density at radius 2 is 1.72 bits per heavy atom. The average molecular weight is 360 g/mol. The predicted octanol–water partition coefficient (Wildman–Crippen LogP) is 3.99. The average Bonchev–Trinajstić information content (AvgIpc) is 2.55. The maximum atomic E-state index is 12.5. The Hall–Kier alpha value is -2.40. The number of carbonyl (C=O) groups is 2. The van der Waals surface area contributed by atoms with Crippen LogP contribution in [-0.4, -0.2) is 23.3 Å². The zero-order chi connectivity index (χ0) is 18.6. The molecule has 0 fully saturated rings. The Bertz CT molecular complexity index is 780. The highest BCUT2D eigenvalue weighted by atomic mass is 35.5. The Balaban J connectivity index is 2.18. The Labute approximate surface area is 152 Å². The summed E-state index contributed by atoms with van der Waals surface area (Å²) in [6.45, 7) is 8.40. The van der Waals surface area contributed by atoms with Gasteiger partial charge in [0.05, 0.1) is 21.8 Å². The minimum Gasteiger partial charge on any atom is -0.352 e. The normalized spacial score (nSPS) is 10.6. The Kier molecular flexibility index (Phi) is 6.15. The number of rotatable bonds is 5. The second-order valence-electron chi connectivity index (χ2n) is 6.46. The van der Waals surface area contributed by atoms with E-state index in [1.165, 1.54) is 18.5 Å². The van der Waals surface area contributed by atoms with Crippen LogP contribution in [0.5, 0.6) is 0 Å². The summed E-state index contributed by atoms with van der Waals surface area (Å²) >= 11 is 6.22. The fourth-order valence-electron chi connectivity index (χ4n) is 2.35. The van der Waals surface area contributed by atoms with Gasteiger partial charge in [0.1, 0.15) is 0 Å². The van der Waals surface area contributed by atoms with Gasteiger partial charge in [0.25, 0.3) is 11.8 Å². The molecule has 2 aromatic rings. The van der Waals surface area contributed by atoms with Crippen molar-refractivity contribution in [3.05, 3.63) is 57.9 Å². The van der Waals surface area contributed by atoms with Crippen LogP contribution in [-0.2, 0) is 0 Å². The lowest BCUT2D eigenvalue weighted by atomic mass is 10.1. The van der Waals surface area contributed by atoms with Crippen molar-refractivity contribution in [3.8, 4) is 0 Å². The number of pyridine rings is 1. The first-order valence-corrected chi connectivity index (χ1v) is 8.47. The molecule has 2 amide bonds. The van der Waals surface area contributed by atoms with Gasteiger partial charge in [-0.05, 0) is 43.0 Å². The number of aryl methyl sites for hydroxylation is 2. The second kappa shape index (κ2) is 8.12. The smallest absolute Gasteiger partial charge is 0.257 e. The topological polar surface area (TPSA) is 71.1 Å². The SMILES string of the molecule is Cc1cc(C)c(NC(=O)c2cncc(C(=O)NCC(C)C)c2)c(Cl)c1. The number of carbonyl (C=O) groups excluding carboxylic acids is 2. The summed E-state index contributed by atoms with van der Waals surface area (Å²) in [5.41, 5.74) is 3.10. The van der Waals surface area contributed by atoms with E-state index in [1.54, 1.807) is 6.07 Å². The van der Waals surface area contributed by atoms with Gasteiger partial charge in [-0.1, -0.05) is 31.5 Å². The summed E-state index contributed by atoms with van der Waals surface area (Å²) in [4.78, 5) is 28.6. The van der Waals surface area contributed by atoms with E-state index in [1.807, 2.05) is 33.8 Å².